The van der Waals surface area contributed by atoms with Gasteiger partial charge in [0, 0.05) is 23.3 Å². The molecule has 0 unspecified atom stereocenters. The van der Waals surface area contributed by atoms with Crippen molar-refractivity contribution in [1.82, 2.24) is 9.38 Å². The van der Waals surface area contributed by atoms with Crippen molar-refractivity contribution in [2.45, 2.75) is 6.61 Å². The summed E-state index contributed by atoms with van der Waals surface area (Å²) in [6.45, 7) is 0.511. The maximum atomic E-state index is 5.90. The molecule has 2 heterocycles. The summed E-state index contributed by atoms with van der Waals surface area (Å²) in [4.78, 5) is 5.61. The molecule has 120 valence electrons. The SMILES string of the molecule is COc1cc(-c2cn3ccsc3n2)ccc1OCc1ccccc1. The number of rotatable bonds is 5. The molecule has 0 amide bonds. The van der Waals surface area contributed by atoms with Gasteiger partial charge in [-0.25, -0.2) is 4.98 Å². The fourth-order valence-electron chi connectivity index (χ4n) is 2.55. The van der Waals surface area contributed by atoms with Gasteiger partial charge in [0.15, 0.2) is 16.5 Å². The first-order valence-electron chi connectivity index (χ1n) is 7.61. The van der Waals surface area contributed by atoms with Gasteiger partial charge in [-0.15, -0.1) is 11.3 Å². The molecule has 24 heavy (non-hydrogen) atoms. The van der Waals surface area contributed by atoms with Crippen molar-refractivity contribution in [3.05, 3.63) is 71.9 Å². The van der Waals surface area contributed by atoms with Gasteiger partial charge in [0.25, 0.3) is 0 Å². The van der Waals surface area contributed by atoms with Crippen molar-refractivity contribution in [3.8, 4) is 22.8 Å². The minimum absolute atomic E-state index is 0.511. The molecule has 0 spiro atoms. The Morgan fingerprint density at radius 2 is 1.96 bits per heavy atom. The van der Waals surface area contributed by atoms with Crippen LogP contribution in [0.4, 0.5) is 0 Å². The van der Waals surface area contributed by atoms with Crippen LogP contribution in [-0.2, 0) is 6.61 Å². The summed E-state index contributed by atoms with van der Waals surface area (Å²) in [5, 5.41) is 2.02. The van der Waals surface area contributed by atoms with Crippen LogP contribution in [0.3, 0.4) is 0 Å². The second-order valence-corrected chi connectivity index (χ2v) is 6.23. The Balaban J connectivity index is 1.59. The molecule has 2 aromatic heterocycles. The van der Waals surface area contributed by atoms with E-state index in [-0.39, 0.29) is 0 Å². The van der Waals surface area contributed by atoms with Gasteiger partial charge in [0.1, 0.15) is 6.61 Å². The van der Waals surface area contributed by atoms with E-state index in [1.54, 1.807) is 18.4 Å². The number of hydrogen-bond acceptors (Lipinski definition) is 4. The molecule has 4 nitrogen and oxygen atoms in total. The quantitative estimate of drug-likeness (QED) is 0.532. The van der Waals surface area contributed by atoms with Crippen molar-refractivity contribution >= 4 is 16.3 Å². The van der Waals surface area contributed by atoms with E-state index in [4.69, 9.17) is 9.47 Å². The fraction of sp³-hybridized carbons (Fsp3) is 0.105. The summed E-state index contributed by atoms with van der Waals surface area (Å²) in [5.74, 6) is 1.44. The van der Waals surface area contributed by atoms with Crippen LogP contribution in [0.1, 0.15) is 5.56 Å². The second kappa shape index (κ2) is 6.37. The highest BCUT2D eigenvalue weighted by Gasteiger charge is 2.10. The number of thiazole rings is 1. The number of aromatic nitrogens is 2. The average molecular weight is 336 g/mol. The van der Waals surface area contributed by atoms with Crippen molar-refractivity contribution in [3.63, 3.8) is 0 Å². The molecule has 4 rings (SSSR count). The Morgan fingerprint density at radius 1 is 1.08 bits per heavy atom. The van der Waals surface area contributed by atoms with Crippen LogP contribution in [0.2, 0.25) is 0 Å². The summed E-state index contributed by atoms with van der Waals surface area (Å²) >= 11 is 1.62. The predicted molar refractivity (Wildman–Crippen MR) is 95.8 cm³/mol. The van der Waals surface area contributed by atoms with E-state index >= 15 is 0 Å². The van der Waals surface area contributed by atoms with Crippen molar-refractivity contribution in [2.75, 3.05) is 7.11 Å². The van der Waals surface area contributed by atoms with Gasteiger partial charge in [-0.05, 0) is 23.8 Å². The monoisotopic (exact) mass is 336 g/mol. The number of nitrogens with zero attached hydrogens (tertiary/aromatic N) is 2. The molecule has 0 saturated heterocycles. The van der Waals surface area contributed by atoms with Gasteiger partial charge in [-0.2, -0.15) is 0 Å². The Kier molecular flexibility index (Phi) is 3.92. The molecule has 0 fully saturated rings. The normalized spacial score (nSPS) is 10.9. The lowest BCUT2D eigenvalue weighted by Gasteiger charge is -2.11. The smallest absolute Gasteiger partial charge is 0.194 e. The molecule has 0 bridgehead atoms. The highest BCUT2D eigenvalue weighted by atomic mass is 32.1. The largest absolute Gasteiger partial charge is 0.493 e. The van der Waals surface area contributed by atoms with Crippen LogP contribution >= 0.6 is 11.3 Å². The maximum absolute atomic E-state index is 5.90. The molecular formula is C19H16N2O2S. The molecule has 0 aliphatic rings. The Morgan fingerprint density at radius 3 is 2.75 bits per heavy atom. The van der Waals surface area contributed by atoms with Crippen LogP contribution in [0.5, 0.6) is 11.5 Å². The van der Waals surface area contributed by atoms with Gasteiger partial charge >= 0.3 is 0 Å². The van der Waals surface area contributed by atoms with Gasteiger partial charge < -0.3 is 9.47 Å². The summed E-state index contributed by atoms with van der Waals surface area (Å²) in [5.41, 5.74) is 3.06. The third kappa shape index (κ3) is 2.86. The topological polar surface area (TPSA) is 35.8 Å². The third-order valence-corrected chi connectivity index (χ3v) is 4.56. The van der Waals surface area contributed by atoms with E-state index < -0.39 is 0 Å². The standard InChI is InChI=1S/C19H16N2O2S/c1-22-18-11-15(16-12-21-9-10-24-19(21)20-16)7-8-17(18)23-13-14-5-3-2-4-6-14/h2-12H,13H2,1H3. The molecule has 4 aromatic rings. The summed E-state index contributed by atoms with van der Waals surface area (Å²) in [7, 11) is 1.65. The maximum Gasteiger partial charge on any atom is 0.194 e. The van der Waals surface area contributed by atoms with Gasteiger partial charge in [0.2, 0.25) is 0 Å². The summed E-state index contributed by atoms with van der Waals surface area (Å²) in [6.07, 6.45) is 4.02. The molecule has 0 saturated carbocycles. The molecular weight excluding hydrogens is 320 g/mol. The zero-order valence-electron chi connectivity index (χ0n) is 13.2. The minimum Gasteiger partial charge on any atom is -0.493 e. The van der Waals surface area contributed by atoms with Gasteiger partial charge in [-0.1, -0.05) is 30.3 Å². The van der Waals surface area contributed by atoms with E-state index in [9.17, 15) is 0 Å². The molecule has 0 N–H and O–H groups in total. The lowest BCUT2D eigenvalue weighted by Crippen LogP contribution is -1.97. The van der Waals surface area contributed by atoms with E-state index in [1.807, 2.05) is 70.7 Å². The Hall–Kier alpha value is -2.79. The summed E-state index contributed by atoms with van der Waals surface area (Å²) < 4.78 is 13.4. The van der Waals surface area contributed by atoms with Crippen molar-refractivity contribution in [2.24, 2.45) is 0 Å². The number of methoxy groups -OCH3 is 1. The van der Waals surface area contributed by atoms with E-state index in [2.05, 4.69) is 4.98 Å². The van der Waals surface area contributed by atoms with Crippen molar-refractivity contribution < 1.29 is 9.47 Å². The van der Waals surface area contributed by atoms with Crippen molar-refractivity contribution in [1.29, 1.82) is 0 Å². The molecule has 0 atom stereocenters. The van der Waals surface area contributed by atoms with E-state index in [0.717, 1.165) is 27.5 Å². The highest BCUT2D eigenvalue weighted by molar-refractivity contribution is 7.15. The average Bonchev–Trinajstić information content (AvgIpc) is 3.22. The number of fused-ring (bicyclic) bond motifs is 1. The van der Waals surface area contributed by atoms with Crippen LogP contribution in [0.25, 0.3) is 16.2 Å². The first-order chi connectivity index (χ1) is 11.8. The highest BCUT2D eigenvalue weighted by Crippen LogP contribution is 2.33. The lowest BCUT2D eigenvalue weighted by molar-refractivity contribution is 0.284. The number of benzene rings is 2. The number of hydrogen-bond donors (Lipinski definition) is 0. The van der Waals surface area contributed by atoms with Crippen LogP contribution in [0, 0.1) is 0 Å². The van der Waals surface area contributed by atoms with Crippen LogP contribution in [-0.4, -0.2) is 16.5 Å². The molecule has 2 aromatic carbocycles. The fourth-order valence-corrected chi connectivity index (χ4v) is 3.25. The minimum atomic E-state index is 0.511. The third-order valence-electron chi connectivity index (χ3n) is 3.79. The van der Waals surface area contributed by atoms with E-state index in [1.165, 1.54) is 0 Å². The van der Waals surface area contributed by atoms with Gasteiger partial charge in [-0.3, -0.25) is 4.40 Å². The van der Waals surface area contributed by atoms with Crippen LogP contribution in [0.15, 0.2) is 66.3 Å². The van der Waals surface area contributed by atoms with Gasteiger partial charge in [0.05, 0.1) is 12.8 Å². The van der Waals surface area contributed by atoms with E-state index in [0.29, 0.717) is 12.4 Å². The molecule has 0 radical (unpaired) electrons. The number of ether oxygens (including phenoxy) is 2. The first kappa shape index (κ1) is 14.8. The predicted octanol–water partition coefficient (Wildman–Crippen LogP) is 4.65. The Bertz CT molecular complexity index is 931. The zero-order chi connectivity index (χ0) is 16.4. The first-order valence-corrected chi connectivity index (χ1v) is 8.49. The molecule has 5 heteroatoms. The number of imidazole rings is 1. The zero-order valence-corrected chi connectivity index (χ0v) is 14.0. The summed E-state index contributed by atoms with van der Waals surface area (Å²) in [6, 6.07) is 16.0. The Labute approximate surface area is 143 Å². The second-order valence-electron chi connectivity index (χ2n) is 5.36. The van der Waals surface area contributed by atoms with Crippen LogP contribution < -0.4 is 9.47 Å². The lowest BCUT2D eigenvalue weighted by atomic mass is 10.1. The molecule has 0 aliphatic heterocycles. The molecule has 0 aliphatic carbocycles.